The van der Waals surface area contributed by atoms with E-state index >= 15 is 0 Å². The van der Waals surface area contributed by atoms with Crippen molar-refractivity contribution in [1.29, 1.82) is 0 Å². The molecule has 0 bridgehead atoms. The highest BCUT2D eigenvalue weighted by molar-refractivity contribution is 5.85. The molecule has 1 aliphatic rings. The van der Waals surface area contributed by atoms with Crippen LogP contribution < -0.4 is 0 Å². The van der Waals surface area contributed by atoms with E-state index in [1.807, 2.05) is 14.0 Å². The second-order valence-corrected chi connectivity index (χ2v) is 3.36. The third kappa shape index (κ3) is 0.966. The summed E-state index contributed by atoms with van der Waals surface area (Å²) in [5.74, 6) is 0.299. The van der Waals surface area contributed by atoms with Crippen LogP contribution >= 0.6 is 0 Å². The fourth-order valence-electron chi connectivity index (χ4n) is 1.54. The molecule has 0 spiro atoms. The monoisotopic (exact) mass is 141 g/mol. The van der Waals surface area contributed by atoms with Crippen molar-refractivity contribution in [3.8, 4) is 0 Å². The van der Waals surface area contributed by atoms with E-state index in [2.05, 4.69) is 4.90 Å². The Kier molecular flexibility index (Phi) is 1.82. The molecule has 1 heterocycles. The zero-order chi connectivity index (χ0) is 7.78. The van der Waals surface area contributed by atoms with Crippen LogP contribution in [0.2, 0.25) is 0 Å². The first-order valence-electron chi connectivity index (χ1n) is 3.79. The molecule has 0 saturated carbocycles. The Morgan fingerprint density at radius 3 is 2.40 bits per heavy atom. The van der Waals surface area contributed by atoms with Crippen LogP contribution in [0.25, 0.3) is 0 Å². The Bertz CT molecular complexity index is 155. The van der Waals surface area contributed by atoms with Gasteiger partial charge in [0.05, 0.1) is 5.54 Å². The highest BCUT2D eigenvalue weighted by Gasteiger charge is 2.37. The van der Waals surface area contributed by atoms with E-state index in [-0.39, 0.29) is 5.54 Å². The molecule has 0 radical (unpaired) electrons. The average Bonchev–Trinajstić information content (AvgIpc) is 2.15. The van der Waals surface area contributed by atoms with Crippen molar-refractivity contribution in [3.63, 3.8) is 0 Å². The quantitative estimate of drug-likeness (QED) is 0.544. The van der Waals surface area contributed by atoms with E-state index in [1.54, 1.807) is 6.92 Å². The Balaban J connectivity index is 2.75. The van der Waals surface area contributed by atoms with E-state index in [0.29, 0.717) is 5.78 Å². The summed E-state index contributed by atoms with van der Waals surface area (Å²) in [4.78, 5) is 13.3. The van der Waals surface area contributed by atoms with Gasteiger partial charge in [0.1, 0.15) is 5.78 Å². The lowest BCUT2D eigenvalue weighted by Crippen LogP contribution is -2.44. The Morgan fingerprint density at radius 1 is 1.60 bits per heavy atom. The van der Waals surface area contributed by atoms with Crippen molar-refractivity contribution in [1.82, 2.24) is 4.90 Å². The zero-order valence-corrected chi connectivity index (χ0v) is 6.98. The van der Waals surface area contributed by atoms with Gasteiger partial charge in [0, 0.05) is 0 Å². The van der Waals surface area contributed by atoms with Crippen LogP contribution in [0.3, 0.4) is 0 Å². The molecular weight excluding hydrogens is 126 g/mol. The number of hydrogen-bond donors (Lipinski definition) is 0. The predicted octanol–water partition coefficient (Wildman–Crippen LogP) is 1.06. The third-order valence-corrected chi connectivity index (χ3v) is 2.76. The maximum absolute atomic E-state index is 11.1. The maximum atomic E-state index is 11.1. The molecule has 0 aromatic heterocycles. The van der Waals surface area contributed by atoms with E-state index < -0.39 is 0 Å². The highest BCUT2D eigenvalue weighted by Crippen LogP contribution is 2.27. The van der Waals surface area contributed by atoms with Gasteiger partial charge in [-0.15, -0.1) is 0 Å². The van der Waals surface area contributed by atoms with Gasteiger partial charge in [-0.3, -0.25) is 9.69 Å². The standard InChI is InChI=1S/C8H15NO/c1-7(10)8(2)5-4-6-9(8)3/h4-6H2,1-3H3/t8-/m1/s1. The topological polar surface area (TPSA) is 20.3 Å². The Hall–Kier alpha value is -0.370. The zero-order valence-electron chi connectivity index (χ0n) is 6.98. The van der Waals surface area contributed by atoms with Crippen LogP contribution in [0.5, 0.6) is 0 Å². The number of nitrogens with zero attached hydrogens (tertiary/aromatic N) is 1. The van der Waals surface area contributed by atoms with Crippen LogP contribution in [0, 0.1) is 0 Å². The molecule has 1 aliphatic heterocycles. The second kappa shape index (κ2) is 2.35. The number of carbonyl (C=O) groups is 1. The van der Waals surface area contributed by atoms with Gasteiger partial charge in [-0.2, -0.15) is 0 Å². The van der Waals surface area contributed by atoms with Crippen LogP contribution in [-0.4, -0.2) is 29.8 Å². The smallest absolute Gasteiger partial charge is 0.149 e. The molecule has 1 atom stereocenters. The number of rotatable bonds is 1. The maximum Gasteiger partial charge on any atom is 0.149 e. The summed E-state index contributed by atoms with van der Waals surface area (Å²) < 4.78 is 0. The number of carbonyl (C=O) groups excluding carboxylic acids is 1. The number of likely N-dealkylation sites (tertiary alicyclic amines) is 1. The molecular formula is C8H15NO. The van der Waals surface area contributed by atoms with Crippen molar-refractivity contribution in [2.24, 2.45) is 0 Å². The molecule has 0 aromatic carbocycles. The molecule has 0 N–H and O–H groups in total. The Labute approximate surface area is 62.2 Å². The van der Waals surface area contributed by atoms with Crippen LogP contribution in [0.15, 0.2) is 0 Å². The van der Waals surface area contributed by atoms with Crippen molar-refractivity contribution in [2.75, 3.05) is 13.6 Å². The molecule has 2 nitrogen and oxygen atoms in total. The molecule has 0 aromatic rings. The Morgan fingerprint density at radius 2 is 2.20 bits per heavy atom. The first-order chi connectivity index (χ1) is 4.57. The summed E-state index contributed by atoms with van der Waals surface area (Å²) in [5.41, 5.74) is -0.153. The molecule has 1 saturated heterocycles. The molecule has 2 heteroatoms. The lowest BCUT2D eigenvalue weighted by molar-refractivity contribution is -0.125. The first-order valence-corrected chi connectivity index (χ1v) is 3.79. The molecule has 0 aliphatic carbocycles. The minimum absolute atomic E-state index is 0.153. The molecule has 0 amide bonds. The van der Waals surface area contributed by atoms with E-state index in [4.69, 9.17) is 0 Å². The average molecular weight is 141 g/mol. The highest BCUT2D eigenvalue weighted by atomic mass is 16.1. The van der Waals surface area contributed by atoms with Gasteiger partial charge in [-0.1, -0.05) is 0 Å². The van der Waals surface area contributed by atoms with Crippen molar-refractivity contribution in [2.45, 2.75) is 32.2 Å². The number of ketones is 1. The van der Waals surface area contributed by atoms with Gasteiger partial charge < -0.3 is 0 Å². The number of Topliss-reactive ketones (excluding diaryl/α,β-unsaturated/α-hetero) is 1. The van der Waals surface area contributed by atoms with Crippen molar-refractivity contribution >= 4 is 5.78 Å². The van der Waals surface area contributed by atoms with E-state index in [0.717, 1.165) is 19.4 Å². The van der Waals surface area contributed by atoms with E-state index in [1.165, 1.54) is 0 Å². The van der Waals surface area contributed by atoms with Crippen LogP contribution in [0.4, 0.5) is 0 Å². The first kappa shape index (κ1) is 7.73. The van der Waals surface area contributed by atoms with Crippen LogP contribution in [-0.2, 0) is 4.79 Å². The van der Waals surface area contributed by atoms with Crippen molar-refractivity contribution < 1.29 is 4.79 Å². The SMILES string of the molecule is CC(=O)[C@@]1(C)CCCN1C. The van der Waals surface area contributed by atoms with Gasteiger partial charge in [-0.25, -0.2) is 0 Å². The summed E-state index contributed by atoms with van der Waals surface area (Å²) in [5, 5.41) is 0. The normalized spacial score (nSPS) is 34.7. The minimum atomic E-state index is -0.153. The summed E-state index contributed by atoms with van der Waals surface area (Å²) >= 11 is 0. The van der Waals surface area contributed by atoms with Gasteiger partial charge in [0.15, 0.2) is 0 Å². The van der Waals surface area contributed by atoms with Gasteiger partial charge >= 0.3 is 0 Å². The second-order valence-electron chi connectivity index (χ2n) is 3.36. The minimum Gasteiger partial charge on any atom is -0.298 e. The lowest BCUT2D eigenvalue weighted by Gasteiger charge is -2.28. The summed E-state index contributed by atoms with van der Waals surface area (Å²) in [6, 6.07) is 0. The van der Waals surface area contributed by atoms with Gasteiger partial charge in [0.2, 0.25) is 0 Å². The lowest BCUT2D eigenvalue weighted by atomic mass is 9.95. The van der Waals surface area contributed by atoms with Crippen molar-refractivity contribution in [3.05, 3.63) is 0 Å². The third-order valence-electron chi connectivity index (χ3n) is 2.76. The molecule has 0 unspecified atom stereocenters. The molecule has 58 valence electrons. The summed E-state index contributed by atoms with van der Waals surface area (Å²) in [6.07, 6.45) is 2.19. The number of likely N-dealkylation sites (N-methyl/N-ethyl adjacent to an activating group) is 1. The fraction of sp³-hybridized carbons (Fsp3) is 0.875. The fourth-order valence-corrected chi connectivity index (χ4v) is 1.54. The predicted molar refractivity (Wildman–Crippen MR) is 41.0 cm³/mol. The molecule has 1 rings (SSSR count). The summed E-state index contributed by atoms with van der Waals surface area (Å²) in [6.45, 7) is 4.78. The molecule has 1 fully saturated rings. The van der Waals surface area contributed by atoms with E-state index in [9.17, 15) is 4.79 Å². The van der Waals surface area contributed by atoms with Gasteiger partial charge in [-0.05, 0) is 40.3 Å². The molecule has 10 heavy (non-hydrogen) atoms. The number of hydrogen-bond acceptors (Lipinski definition) is 2. The van der Waals surface area contributed by atoms with Gasteiger partial charge in [0.25, 0.3) is 0 Å². The largest absolute Gasteiger partial charge is 0.298 e. The van der Waals surface area contributed by atoms with Crippen LogP contribution in [0.1, 0.15) is 26.7 Å². The summed E-state index contributed by atoms with van der Waals surface area (Å²) in [7, 11) is 2.02.